The van der Waals surface area contributed by atoms with E-state index in [9.17, 15) is 25.1 Å². The van der Waals surface area contributed by atoms with Gasteiger partial charge in [0.05, 0.1) is 11.3 Å². The molecule has 0 saturated carbocycles. The highest BCUT2D eigenvalue weighted by atomic mass is 16.3. The number of nitrogens with one attached hydrogen (secondary N) is 2. The van der Waals surface area contributed by atoms with E-state index >= 15 is 0 Å². The first-order valence-electron chi connectivity index (χ1n) is 12.3. The Labute approximate surface area is 200 Å². The lowest BCUT2D eigenvalue weighted by Crippen LogP contribution is -2.51. The van der Waals surface area contributed by atoms with Gasteiger partial charge in [0.15, 0.2) is 12.2 Å². The topological polar surface area (TPSA) is 129 Å². The average molecular weight is 470 g/mol. The van der Waals surface area contributed by atoms with Gasteiger partial charge in [0.25, 0.3) is 11.8 Å². The molecule has 184 valence electrons. The summed E-state index contributed by atoms with van der Waals surface area (Å²) in [4.78, 5) is 29.0. The highest BCUT2D eigenvalue weighted by molar-refractivity contribution is 5.90. The molecule has 0 radical (unpaired) electrons. The van der Waals surface area contributed by atoms with Crippen molar-refractivity contribution in [1.29, 1.82) is 5.26 Å². The second-order valence-electron chi connectivity index (χ2n) is 9.95. The number of aliphatic hydroxyl groups is 2. The molecule has 2 atom stereocenters. The molecule has 3 aliphatic heterocycles. The van der Waals surface area contributed by atoms with Crippen LogP contribution in [0.5, 0.6) is 0 Å². The van der Waals surface area contributed by atoms with E-state index in [0.29, 0.717) is 25.2 Å². The molecule has 9 nitrogen and oxygen atoms in total. The van der Waals surface area contributed by atoms with E-state index < -0.39 is 24.0 Å². The van der Waals surface area contributed by atoms with Crippen molar-refractivity contribution in [2.24, 2.45) is 11.3 Å². The molecule has 2 amide bonds. The summed E-state index contributed by atoms with van der Waals surface area (Å²) in [5.41, 5.74) is 1.68. The van der Waals surface area contributed by atoms with Crippen LogP contribution in [0.2, 0.25) is 0 Å². The Morgan fingerprint density at radius 1 is 1.12 bits per heavy atom. The Balaban J connectivity index is 1.22. The zero-order chi connectivity index (χ0) is 24.1. The van der Waals surface area contributed by atoms with Crippen LogP contribution in [0.1, 0.15) is 37.7 Å². The fourth-order valence-electron chi connectivity index (χ4n) is 5.53. The van der Waals surface area contributed by atoms with Crippen LogP contribution < -0.4 is 15.5 Å². The van der Waals surface area contributed by atoms with E-state index in [1.807, 2.05) is 24.3 Å². The molecule has 1 spiro atoms. The van der Waals surface area contributed by atoms with Crippen molar-refractivity contribution in [3.05, 3.63) is 29.8 Å². The highest BCUT2D eigenvalue weighted by Crippen LogP contribution is 2.38. The Hall–Kier alpha value is -2.67. The summed E-state index contributed by atoms with van der Waals surface area (Å²) in [5, 5.41) is 36.1. The molecule has 34 heavy (non-hydrogen) atoms. The normalized spacial score (nSPS) is 22.3. The zero-order valence-corrected chi connectivity index (χ0v) is 19.6. The monoisotopic (exact) mass is 469 g/mol. The van der Waals surface area contributed by atoms with Gasteiger partial charge in [0.2, 0.25) is 0 Å². The first kappa shape index (κ1) is 24.5. The summed E-state index contributed by atoms with van der Waals surface area (Å²) in [5.74, 6) is -1.05. The van der Waals surface area contributed by atoms with E-state index in [0.717, 1.165) is 64.0 Å². The lowest BCUT2D eigenvalue weighted by atomic mass is 9.78. The van der Waals surface area contributed by atoms with E-state index in [-0.39, 0.29) is 11.3 Å². The lowest BCUT2D eigenvalue weighted by Gasteiger charge is -2.34. The second kappa shape index (κ2) is 10.7. The van der Waals surface area contributed by atoms with Crippen molar-refractivity contribution in [3.63, 3.8) is 0 Å². The molecule has 4 rings (SSSR count). The van der Waals surface area contributed by atoms with E-state index in [2.05, 4.69) is 21.6 Å². The van der Waals surface area contributed by atoms with Gasteiger partial charge < -0.3 is 30.6 Å². The first-order valence-corrected chi connectivity index (χ1v) is 12.3. The maximum Gasteiger partial charge on any atom is 0.254 e. The van der Waals surface area contributed by atoms with E-state index in [4.69, 9.17) is 0 Å². The van der Waals surface area contributed by atoms with Crippen LogP contribution in [-0.4, -0.2) is 84.9 Å². The molecule has 1 aromatic rings. The van der Waals surface area contributed by atoms with Crippen molar-refractivity contribution in [2.75, 3.05) is 50.7 Å². The molecule has 3 saturated heterocycles. The molecule has 3 fully saturated rings. The predicted octanol–water partition coefficient (Wildman–Crippen LogP) is 0.215. The molecule has 3 aliphatic rings. The molecule has 0 bridgehead atoms. The minimum atomic E-state index is -1.78. The molecule has 0 unspecified atom stereocenters. The van der Waals surface area contributed by atoms with Gasteiger partial charge in [-0.05, 0) is 68.7 Å². The number of hydrogen-bond acceptors (Lipinski definition) is 7. The van der Waals surface area contributed by atoms with Crippen molar-refractivity contribution in [3.8, 4) is 6.07 Å². The Morgan fingerprint density at radius 2 is 1.82 bits per heavy atom. The van der Waals surface area contributed by atoms with Gasteiger partial charge in [-0.1, -0.05) is 12.1 Å². The average Bonchev–Trinajstić information content (AvgIpc) is 3.29. The van der Waals surface area contributed by atoms with E-state index in [1.165, 1.54) is 0 Å². The lowest BCUT2D eigenvalue weighted by molar-refractivity contribution is -0.152. The number of carbonyl (C=O) groups is 2. The summed E-state index contributed by atoms with van der Waals surface area (Å²) in [6.45, 7) is 4.91. The number of hydrogen-bond donors (Lipinski definition) is 4. The second-order valence-corrected chi connectivity index (χ2v) is 9.95. The number of aliphatic hydroxyl groups excluding tert-OH is 2. The SMILES string of the molecule is N#Cc1ccccc1N1CCC(CNC(=O)[C@H](O)[C@@H](O)C(=O)N2CCC3(CCNCC3)C2)CC1. The van der Waals surface area contributed by atoms with Crippen LogP contribution in [0.4, 0.5) is 5.69 Å². The third-order valence-corrected chi connectivity index (χ3v) is 7.78. The molecular weight excluding hydrogens is 434 g/mol. The fourth-order valence-corrected chi connectivity index (χ4v) is 5.53. The number of carbonyl (C=O) groups excluding carboxylic acids is 2. The molecule has 4 N–H and O–H groups in total. The predicted molar refractivity (Wildman–Crippen MR) is 127 cm³/mol. The van der Waals surface area contributed by atoms with Gasteiger partial charge in [-0.2, -0.15) is 5.26 Å². The third-order valence-electron chi connectivity index (χ3n) is 7.78. The molecular formula is C25H35N5O4. The van der Waals surface area contributed by atoms with Crippen molar-refractivity contribution >= 4 is 17.5 Å². The molecule has 3 heterocycles. The Bertz CT molecular complexity index is 918. The fraction of sp³-hybridized carbons (Fsp3) is 0.640. The molecule has 9 heteroatoms. The molecule has 1 aromatic carbocycles. The van der Waals surface area contributed by atoms with Crippen LogP contribution in [0.3, 0.4) is 0 Å². The van der Waals surface area contributed by atoms with Gasteiger partial charge in [0, 0.05) is 32.7 Å². The van der Waals surface area contributed by atoms with Crippen molar-refractivity contribution in [1.82, 2.24) is 15.5 Å². The zero-order valence-electron chi connectivity index (χ0n) is 19.6. The number of benzene rings is 1. The highest BCUT2D eigenvalue weighted by Gasteiger charge is 2.43. The number of anilines is 1. The van der Waals surface area contributed by atoms with Crippen LogP contribution in [0, 0.1) is 22.7 Å². The van der Waals surface area contributed by atoms with Gasteiger partial charge in [-0.25, -0.2) is 0 Å². The maximum atomic E-state index is 12.7. The van der Waals surface area contributed by atoms with E-state index in [1.54, 1.807) is 4.90 Å². The van der Waals surface area contributed by atoms with Gasteiger partial charge >= 0.3 is 0 Å². The van der Waals surface area contributed by atoms with Crippen molar-refractivity contribution < 1.29 is 19.8 Å². The van der Waals surface area contributed by atoms with Gasteiger partial charge in [-0.3, -0.25) is 9.59 Å². The van der Waals surface area contributed by atoms with Crippen LogP contribution >= 0.6 is 0 Å². The standard InChI is InChI=1S/C25H35N5O4/c26-15-19-3-1-2-4-20(19)29-12-5-18(6-13-29)16-28-23(33)21(31)22(32)24(34)30-14-9-25(17-30)7-10-27-11-8-25/h1-4,18,21-22,27,31-32H,5-14,16-17H2,(H,28,33)/t21-,22-/m1/s1. The number of nitrogens with zero attached hydrogens (tertiary/aromatic N) is 3. The Morgan fingerprint density at radius 3 is 2.53 bits per heavy atom. The summed E-state index contributed by atoms with van der Waals surface area (Å²) in [7, 11) is 0. The van der Waals surface area contributed by atoms with Gasteiger partial charge in [-0.15, -0.1) is 0 Å². The Kier molecular flexibility index (Phi) is 7.71. The summed E-state index contributed by atoms with van der Waals surface area (Å²) >= 11 is 0. The molecule has 0 aromatic heterocycles. The number of para-hydroxylation sites is 1. The number of likely N-dealkylation sites (tertiary alicyclic amines) is 1. The van der Waals surface area contributed by atoms with Crippen molar-refractivity contribution in [2.45, 2.75) is 44.3 Å². The third kappa shape index (κ3) is 5.35. The summed E-state index contributed by atoms with van der Waals surface area (Å²) in [6.07, 6.45) is 1.03. The molecule has 0 aliphatic carbocycles. The van der Waals surface area contributed by atoms with Crippen LogP contribution in [0.25, 0.3) is 0 Å². The van der Waals surface area contributed by atoms with Crippen LogP contribution in [0.15, 0.2) is 24.3 Å². The maximum absolute atomic E-state index is 12.7. The number of nitriles is 1. The summed E-state index contributed by atoms with van der Waals surface area (Å²) < 4.78 is 0. The number of rotatable bonds is 6. The largest absolute Gasteiger partial charge is 0.380 e. The minimum Gasteiger partial charge on any atom is -0.380 e. The number of piperidine rings is 2. The first-order chi connectivity index (χ1) is 16.4. The quantitative estimate of drug-likeness (QED) is 0.469. The van der Waals surface area contributed by atoms with Gasteiger partial charge in [0.1, 0.15) is 6.07 Å². The summed E-state index contributed by atoms with van der Waals surface area (Å²) in [6, 6.07) is 9.76. The smallest absolute Gasteiger partial charge is 0.254 e. The minimum absolute atomic E-state index is 0.0937. The van der Waals surface area contributed by atoms with Crippen LogP contribution in [-0.2, 0) is 9.59 Å². The number of amides is 2.